The number of carbonyl (C=O) groups excluding carboxylic acids is 1. The van der Waals surface area contributed by atoms with Crippen LogP contribution in [-0.2, 0) is 34.0 Å². The molecule has 1 aromatic heterocycles. The summed E-state index contributed by atoms with van der Waals surface area (Å²) >= 11 is 0. The van der Waals surface area contributed by atoms with E-state index < -0.39 is 12.1 Å². The van der Waals surface area contributed by atoms with Gasteiger partial charge in [0.05, 0.1) is 26.5 Å². The summed E-state index contributed by atoms with van der Waals surface area (Å²) < 4.78 is 11.9. The summed E-state index contributed by atoms with van der Waals surface area (Å²) in [5, 5.41) is 18.8. The molecule has 0 spiro atoms. The summed E-state index contributed by atoms with van der Waals surface area (Å²) in [5.74, 6) is -0.585. The number of nitrogens with one attached hydrogen (secondary N) is 1. The van der Waals surface area contributed by atoms with E-state index in [9.17, 15) is 9.59 Å². The largest absolute Gasteiger partial charge is 0.497 e. The molecule has 0 saturated carbocycles. The first kappa shape index (κ1) is 18.4. The Morgan fingerprint density at radius 3 is 2.92 bits per heavy atom. The zero-order valence-corrected chi connectivity index (χ0v) is 14.0. The van der Waals surface area contributed by atoms with Crippen LogP contribution in [-0.4, -0.2) is 45.2 Å². The molecule has 0 fully saturated rings. The van der Waals surface area contributed by atoms with Gasteiger partial charge in [0.2, 0.25) is 5.91 Å². The quantitative estimate of drug-likeness (QED) is 0.681. The number of carbonyl (C=O) groups is 2. The van der Waals surface area contributed by atoms with Gasteiger partial charge in [0.25, 0.3) is 0 Å². The van der Waals surface area contributed by atoms with Gasteiger partial charge in [-0.2, -0.15) is 0 Å². The van der Waals surface area contributed by atoms with Gasteiger partial charge in [0.1, 0.15) is 24.1 Å². The number of carboxylic acid groups (broad SMARTS) is 1. The molecule has 0 aliphatic carbocycles. The number of hydrogen-bond donors (Lipinski definition) is 2. The van der Waals surface area contributed by atoms with Crippen LogP contribution in [0.3, 0.4) is 0 Å². The van der Waals surface area contributed by atoms with Crippen LogP contribution >= 0.6 is 0 Å². The fourth-order valence-electron chi connectivity index (χ4n) is 2.02. The Hall–Kier alpha value is -2.94. The number of amides is 1. The van der Waals surface area contributed by atoms with E-state index in [1.807, 2.05) is 24.3 Å². The third kappa shape index (κ3) is 5.88. The lowest BCUT2D eigenvalue weighted by Crippen LogP contribution is -2.34. The average molecular weight is 348 g/mol. The Labute approximate surface area is 144 Å². The number of ether oxygens (including phenoxy) is 2. The standard InChI is InChI=1S/C16H20N4O5/c1-11(25-10-12-4-3-5-14(6-12)24-2)16(23)17-7-13-8-20(19-18-13)9-15(21)22/h3-6,8,11H,7,9-10H2,1-2H3,(H,17,23)(H,21,22). The monoisotopic (exact) mass is 348 g/mol. The number of rotatable bonds is 9. The lowest BCUT2D eigenvalue weighted by atomic mass is 10.2. The van der Waals surface area contributed by atoms with Gasteiger partial charge in [-0.05, 0) is 24.6 Å². The number of aromatic nitrogens is 3. The Bertz CT molecular complexity index is 731. The van der Waals surface area contributed by atoms with Crippen molar-refractivity contribution in [3.8, 4) is 5.75 Å². The van der Waals surface area contributed by atoms with Crippen LogP contribution in [0.15, 0.2) is 30.5 Å². The minimum Gasteiger partial charge on any atom is -0.497 e. The first-order chi connectivity index (χ1) is 12.0. The van der Waals surface area contributed by atoms with Gasteiger partial charge >= 0.3 is 5.97 Å². The molecule has 1 amide bonds. The SMILES string of the molecule is COc1cccc(COC(C)C(=O)NCc2cn(CC(=O)O)nn2)c1. The number of aliphatic carboxylic acids is 1. The predicted octanol–water partition coefficient (Wildman–Crippen LogP) is 0.593. The van der Waals surface area contributed by atoms with E-state index in [2.05, 4.69) is 15.6 Å². The van der Waals surface area contributed by atoms with Crippen molar-refractivity contribution in [1.29, 1.82) is 0 Å². The Balaban J connectivity index is 1.77. The van der Waals surface area contributed by atoms with Crippen molar-refractivity contribution in [2.24, 2.45) is 0 Å². The Morgan fingerprint density at radius 2 is 2.20 bits per heavy atom. The minimum atomic E-state index is -1.01. The second-order valence-electron chi connectivity index (χ2n) is 5.32. The highest BCUT2D eigenvalue weighted by molar-refractivity contribution is 5.80. The summed E-state index contributed by atoms with van der Waals surface area (Å²) in [6.07, 6.45) is 0.816. The number of carboxylic acids is 1. The molecule has 134 valence electrons. The minimum absolute atomic E-state index is 0.144. The highest BCUT2D eigenvalue weighted by Crippen LogP contribution is 2.13. The molecular weight excluding hydrogens is 328 g/mol. The molecule has 1 atom stereocenters. The third-order valence-electron chi connectivity index (χ3n) is 3.33. The van der Waals surface area contributed by atoms with Crippen LogP contribution in [0, 0.1) is 0 Å². The van der Waals surface area contributed by atoms with E-state index in [-0.39, 0.29) is 25.6 Å². The van der Waals surface area contributed by atoms with E-state index >= 15 is 0 Å². The third-order valence-corrected chi connectivity index (χ3v) is 3.33. The smallest absolute Gasteiger partial charge is 0.325 e. The van der Waals surface area contributed by atoms with Crippen LogP contribution in [0.2, 0.25) is 0 Å². The van der Waals surface area contributed by atoms with E-state index in [1.54, 1.807) is 14.0 Å². The number of hydrogen-bond acceptors (Lipinski definition) is 6. The molecular formula is C16H20N4O5. The second-order valence-corrected chi connectivity index (χ2v) is 5.32. The molecule has 25 heavy (non-hydrogen) atoms. The maximum Gasteiger partial charge on any atom is 0.325 e. The second kappa shape index (κ2) is 8.78. The van der Waals surface area contributed by atoms with Crippen molar-refractivity contribution in [3.05, 3.63) is 41.7 Å². The Morgan fingerprint density at radius 1 is 1.40 bits per heavy atom. The van der Waals surface area contributed by atoms with Crippen molar-refractivity contribution in [2.75, 3.05) is 7.11 Å². The molecule has 1 unspecified atom stereocenters. The maximum atomic E-state index is 12.0. The lowest BCUT2D eigenvalue weighted by Gasteiger charge is -2.13. The molecule has 9 heteroatoms. The van der Waals surface area contributed by atoms with Crippen LogP contribution in [0.4, 0.5) is 0 Å². The average Bonchev–Trinajstić information content (AvgIpc) is 3.04. The van der Waals surface area contributed by atoms with Crippen LogP contribution < -0.4 is 10.1 Å². The highest BCUT2D eigenvalue weighted by Gasteiger charge is 2.14. The molecule has 2 N–H and O–H groups in total. The summed E-state index contributed by atoms with van der Waals surface area (Å²) in [6, 6.07) is 7.40. The summed E-state index contributed by atoms with van der Waals surface area (Å²) in [7, 11) is 1.59. The van der Waals surface area contributed by atoms with Gasteiger partial charge in [-0.1, -0.05) is 17.3 Å². The molecule has 2 aromatic rings. The lowest BCUT2D eigenvalue weighted by molar-refractivity contribution is -0.138. The molecule has 2 rings (SSSR count). The molecule has 0 radical (unpaired) electrons. The van der Waals surface area contributed by atoms with Gasteiger partial charge in [-0.15, -0.1) is 5.10 Å². The zero-order chi connectivity index (χ0) is 18.2. The fraction of sp³-hybridized carbons (Fsp3) is 0.375. The first-order valence-corrected chi connectivity index (χ1v) is 7.61. The van der Waals surface area contributed by atoms with Crippen LogP contribution in [0.5, 0.6) is 5.75 Å². The topological polar surface area (TPSA) is 116 Å². The first-order valence-electron chi connectivity index (χ1n) is 7.61. The normalized spacial score (nSPS) is 11.8. The van der Waals surface area contributed by atoms with Gasteiger partial charge < -0.3 is 19.9 Å². The molecule has 1 aromatic carbocycles. The fourth-order valence-corrected chi connectivity index (χ4v) is 2.02. The summed E-state index contributed by atoms with van der Waals surface area (Å²) in [6.45, 7) is 1.80. The van der Waals surface area contributed by atoms with Gasteiger partial charge in [-0.3, -0.25) is 9.59 Å². The van der Waals surface area contributed by atoms with Gasteiger partial charge in [-0.25, -0.2) is 4.68 Å². The van der Waals surface area contributed by atoms with Gasteiger partial charge in [0, 0.05) is 0 Å². The van der Waals surface area contributed by atoms with Crippen molar-refractivity contribution in [1.82, 2.24) is 20.3 Å². The molecule has 0 saturated heterocycles. The van der Waals surface area contributed by atoms with E-state index in [1.165, 1.54) is 10.9 Å². The van der Waals surface area contributed by atoms with Crippen molar-refractivity contribution >= 4 is 11.9 Å². The van der Waals surface area contributed by atoms with Crippen LogP contribution in [0.25, 0.3) is 0 Å². The van der Waals surface area contributed by atoms with Crippen LogP contribution in [0.1, 0.15) is 18.2 Å². The zero-order valence-electron chi connectivity index (χ0n) is 14.0. The Kier molecular flexibility index (Phi) is 6.47. The van der Waals surface area contributed by atoms with E-state index in [4.69, 9.17) is 14.6 Å². The molecule has 0 aliphatic rings. The maximum absolute atomic E-state index is 12.0. The van der Waals surface area contributed by atoms with Crippen molar-refractivity contribution < 1.29 is 24.2 Å². The molecule has 1 heterocycles. The highest BCUT2D eigenvalue weighted by atomic mass is 16.5. The molecule has 9 nitrogen and oxygen atoms in total. The number of methoxy groups -OCH3 is 1. The summed E-state index contributed by atoms with van der Waals surface area (Å²) in [5.41, 5.74) is 1.37. The molecule has 0 aliphatic heterocycles. The van der Waals surface area contributed by atoms with E-state index in [0.29, 0.717) is 5.69 Å². The van der Waals surface area contributed by atoms with Gasteiger partial charge in [0.15, 0.2) is 0 Å². The predicted molar refractivity (Wildman–Crippen MR) is 86.7 cm³/mol. The van der Waals surface area contributed by atoms with E-state index in [0.717, 1.165) is 11.3 Å². The summed E-state index contributed by atoms with van der Waals surface area (Å²) in [4.78, 5) is 22.6. The number of benzene rings is 1. The van der Waals surface area contributed by atoms with Crippen molar-refractivity contribution in [3.63, 3.8) is 0 Å². The molecule has 0 bridgehead atoms. The van der Waals surface area contributed by atoms with Crippen molar-refractivity contribution in [2.45, 2.75) is 32.7 Å². The number of nitrogens with zero attached hydrogens (tertiary/aromatic N) is 3.